The van der Waals surface area contributed by atoms with Gasteiger partial charge in [-0.1, -0.05) is 31.2 Å². The maximum absolute atomic E-state index is 11.2. The van der Waals surface area contributed by atoms with Gasteiger partial charge in [0.25, 0.3) is 0 Å². The fraction of sp³-hybridized carbons (Fsp3) is 0.400. The summed E-state index contributed by atoms with van der Waals surface area (Å²) in [6.45, 7) is 2.17. The molecule has 18 heavy (non-hydrogen) atoms. The van der Waals surface area contributed by atoms with E-state index < -0.39 is 5.63 Å². The lowest BCUT2D eigenvalue weighted by molar-refractivity contribution is 0.319. The summed E-state index contributed by atoms with van der Waals surface area (Å²) in [5.74, 6) is 0.529. The summed E-state index contributed by atoms with van der Waals surface area (Å²) in [5.41, 5.74) is -0.340. The smallest absolute Gasteiger partial charge is 0.339 e. The third-order valence-corrected chi connectivity index (χ3v) is 3.60. The largest absolute Gasteiger partial charge is 0.508 e. The van der Waals surface area contributed by atoms with E-state index in [1.807, 2.05) is 0 Å². The number of allylic oxidation sites excluding steroid dienone is 4. The molecule has 1 heterocycles. The van der Waals surface area contributed by atoms with Crippen molar-refractivity contribution in [2.75, 3.05) is 0 Å². The van der Waals surface area contributed by atoms with Gasteiger partial charge in [-0.25, -0.2) is 4.79 Å². The molecule has 1 N–H and O–H groups in total. The van der Waals surface area contributed by atoms with Crippen LogP contribution in [0.1, 0.15) is 31.9 Å². The number of hydrogen-bond acceptors (Lipinski definition) is 3. The molecule has 0 bridgehead atoms. The zero-order valence-corrected chi connectivity index (χ0v) is 10.6. The Bertz CT molecular complexity index is 525. The molecule has 0 saturated heterocycles. The molecule has 1 aromatic heterocycles. The van der Waals surface area contributed by atoms with Crippen molar-refractivity contribution in [3.8, 4) is 5.75 Å². The summed E-state index contributed by atoms with van der Waals surface area (Å²) in [5, 5.41) is 9.37. The van der Waals surface area contributed by atoms with Gasteiger partial charge in [0.1, 0.15) is 11.5 Å². The van der Waals surface area contributed by atoms with E-state index in [1.165, 1.54) is 6.07 Å². The molecule has 1 atom stereocenters. The summed E-state index contributed by atoms with van der Waals surface area (Å²) in [7, 11) is 0. The molecule has 0 aliphatic heterocycles. The molecule has 2 rings (SSSR count). The van der Waals surface area contributed by atoms with Crippen LogP contribution in [0.2, 0.25) is 0 Å². The normalized spacial score (nSPS) is 22.3. The number of aromatic hydroxyl groups is 1. The SMILES string of the molecule is CC[C@@]1(CCc2cc(O)cc(=O)o2)C=CC=CC1. The minimum Gasteiger partial charge on any atom is -0.508 e. The van der Waals surface area contributed by atoms with Crippen LogP contribution in [0.4, 0.5) is 0 Å². The quantitative estimate of drug-likeness (QED) is 0.887. The number of hydrogen-bond donors (Lipinski definition) is 1. The fourth-order valence-electron chi connectivity index (χ4n) is 2.34. The Hall–Kier alpha value is -1.77. The van der Waals surface area contributed by atoms with E-state index >= 15 is 0 Å². The highest BCUT2D eigenvalue weighted by atomic mass is 16.4. The minimum atomic E-state index is -0.491. The average molecular weight is 246 g/mol. The van der Waals surface area contributed by atoms with Crippen LogP contribution >= 0.6 is 0 Å². The molecule has 96 valence electrons. The van der Waals surface area contributed by atoms with Gasteiger partial charge < -0.3 is 9.52 Å². The summed E-state index contributed by atoms with van der Waals surface area (Å²) in [4.78, 5) is 11.2. The van der Waals surface area contributed by atoms with E-state index in [1.54, 1.807) is 0 Å². The lowest BCUT2D eigenvalue weighted by Crippen LogP contribution is -2.18. The van der Waals surface area contributed by atoms with E-state index in [0.29, 0.717) is 12.2 Å². The minimum absolute atomic E-state index is 0.0223. The van der Waals surface area contributed by atoms with Crippen molar-refractivity contribution in [1.29, 1.82) is 0 Å². The molecular weight excluding hydrogens is 228 g/mol. The second-order valence-corrected chi connectivity index (χ2v) is 4.81. The van der Waals surface area contributed by atoms with Gasteiger partial charge in [-0.05, 0) is 24.7 Å². The molecule has 3 heteroatoms. The van der Waals surface area contributed by atoms with Crippen LogP contribution < -0.4 is 5.63 Å². The van der Waals surface area contributed by atoms with Crippen molar-refractivity contribution in [2.24, 2.45) is 5.41 Å². The summed E-state index contributed by atoms with van der Waals surface area (Å²) in [6.07, 6.45) is 12.2. The zero-order valence-electron chi connectivity index (χ0n) is 10.6. The van der Waals surface area contributed by atoms with Crippen LogP contribution in [-0.2, 0) is 6.42 Å². The van der Waals surface area contributed by atoms with Crippen LogP contribution in [0.3, 0.4) is 0 Å². The van der Waals surface area contributed by atoms with E-state index in [9.17, 15) is 9.90 Å². The molecular formula is C15H18O3. The van der Waals surface area contributed by atoms with Crippen molar-refractivity contribution in [2.45, 2.75) is 32.6 Å². The lowest BCUT2D eigenvalue weighted by atomic mass is 9.75. The first-order chi connectivity index (χ1) is 8.63. The van der Waals surface area contributed by atoms with Crippen molar-refractivity contribution < 1.29 is 9.52 Å². The topological polar surface area (TPSA) is 50.4 Å². The predicted octanol–water partition coefficient (Wildman–Crippen LogP) is 3.19. The second-order valence-electron chi connectivity index (χ2n) is 4.81. The predicted molar refractivity (Wildman–Crippen MR) is 70.6 cm³/mol. The standard InChI is InChI=1S/C15H18O3/c1-2-15(7-4-3-5-8-15)9-6-13-10-12(16)11-14(17)18-13/h3-5,7,10-11,16H,2,6,8-9H2,1H3/t15-/m1/s1. The Balaban J connectivity index is 2.08. The highest BCUT2D eigenvalue weighted by Crippen LogP contribution is 2.36. The second kappa shape index (κ2) is 5.25. The average Bonchev–Trinajstić information content (AvgIpc) is 2.36. The first-order valence-corrected chi connectivity index (χ1v) is 6.31. The molecule has 1 aromatic rings. The maximum Gasteiger partial charge on any atom is 0.339 e. The molecule has 0 radical (unpaired) electrons. The highest BCUT2D eigenvalue weighted by Gasteiger charge is 2.25. The summed E-state index contributed by atoms with van der Waals surface area (Å²) >= 11 is 0. The monoisotopic (exact) mass is 246 g/mol. The van der Waals surface area contributed by atoms with Crippen molar-refractivity contribution in [3.05, 3.63) is 52.6 Å². The van der Waals surface area contributed by atoms with Gasteiger partial charge in [0.2, 0.25) is 0 Å². The zero-order chi connectivity index (χ0) is 13.0. The molecule has 0 unspecified atom stereocenters. The summed E-state index contributed by atoms with van der Waals surface area (Å²) < 4.78 is 5.08. The van der Waals surface area contributed by atoms with Crippen LogP contribution in [-0.4, -0.2) is 5.11 Å². The Labute approximate surface area is 106 Å². The fourth-order valence-corrected chi connectivity index (χ4v) is 2.34. The van der Waals surface area contributed by atoms with Crippen LogP contribution in [0.15, 0.2) is 45.6 Å². The van der Waals surface area contributed by atoms with Crippen molar-refractivity contribution >= 4 is 0 Å². The maximum atomic E-state index is 11.2. The van der Waals surface area contributed by atoms with Crippen molar-refractivity contribution in [1.82, 2.24) is 0 Å². The molecule has 0 fully saturated rings. The van der Waals surface area contributed by atoms with E-state index in [2.05, 4.69) is 31.2 Å². The number of aryl methyl sites for hydroxylation is 1. The Kier molecular flexibility index (Phi) is 3.70. The number of rotatable bonds is 4. The molecule has 0 amide bonds. The Morgan fingerprint density at radius 3 is 2.83 bits per heavy atom. The van der Waals surface area contributed by atoms with Gasteiger partial charge in [0.15, 0.2) is 0 Å². The van der Waals surface area contributed by atoms with E-state index in [-0.39, 0.29) is 11.2 Å². The van der Waals surface area contributed by atoms with Crippen LogP contribution in [0, 0.1) is 5.41 Å². The molecule has 0 saturated carbocycles. The van der Waals surface area contributed by atoms with Gasteiger partial charge >= 0.3 is 5.63 Å². The molecule has 1 aliphatic carbocycles. The van der Waals surface area contributed by atoms with Gasteiger partial charge in [-0.15, -0.1) is 0 Å². The third kappa shape index (κ3) is 2.92. The van der Waals surface area contributed by atoms with Crippen LogP contribution in [0.25, 0.3) is 0 Å². The van der Waals surface area contributed by atoms with Crippen LogP contribution in [0.5, 0.6) is 5.75 Å². The third-order valence-electron chi connectivity index (χ3n) is 3.60. The van der Waals surface area contributed by atoms with Gasteiger partial charge in [0.05, 0.1) is 6.07 Å². The Morgan fingerprint density at radius 1 is 1.39 bits per heavy atom. The van der Waals surface area contributed by atoms with E-state index in [4.69, 9.17) is 4.42 Å². The van der Waals surface area contributed by atoms with E-state index in [0.717, 1.165) is 25.3 Å². The molecule has 1 aliphatic rings. The molecule has 0 aromatic carbocycles. The highest BCUT2D eigenvalue weighted by molar-refractivity contribution is 5.20. The molecule has 0 spiro atoms. The molecule has 3 nitrogen and oxygen atoms in total. The summed E-state index contributed by atoms with van der Waals surface area (Å²) in [6, 6.07) is 2.61. The first kappa shape index (κ1) is 12.7. The lowest BCUT2D eigenvalue weighted by Gasteiger charge is -2.29. The van der Waals surface area contributed by atoms with Gasteiger partial charge in [-0.2, -0.15) is 0 Å². The Morgan fingerprint density at radius 2 is 2.22 bits per heavy atom. The van der Waals surface area contributed by atoms with Gasteiger partial charge in [0, 0.05) is 12.5 Å². The first-order valence-electron chi connectivity index (χ1n) is 6.31. The van der Waals surface area contributed by atoms with Crippen molar-refractivity contribution in [3.63, 3.8) is 0 Å². The van der Waals surface area contributed by atoms with Gasteiger partial charge in [-0.3, -0.25) is 0 Å².